The molecule has 0 spiro atoms. The lowest BCUT2D eigenvalue weighted by molar-refractivity contribution is -0.126. The maximum absolute atomic E-state index is 13.2. The number of nitrogens with one attached hydrogen (secondary N) is 1. The Morgan fingerprint density at radius 2 is 1.62 bits per heavy atom. The van der Waals surface area contributed by atoms with Crippen molar-refractivity contribution in [1.82, 2.24) is 14.6 Å². The van der Waals surface area contributed by atoms with E-state index in [1.807, 2.05) is 49.4 Å². The zero-order chi connectivity index (χ0) is 22.6. The first-order chi connectivity index (χ1) is 15.5. The molecule has 2 aromatic carbocycles. The molecule has 0 saturated carbocycles. The summed E-state index contributed by atoms with van der Waals surface area (Å²) < 4.78 is 27.2. The smallest absolute Gasteiger partial charge is 0.243 e. The van der Waals surface area contributed by atoms with Crippen molar-refractivity contribution in [2.24, 2.45) is 5.92 Å². The lowest BCUT2D eigenvalue weighted by Gasteiger charge is -2.31. The monoisotopic (exact) mass is 449 g/mol. The number of carbonyl (C=O) groups excluding carboxylic acids is 1. The van der Waals surface area contributed by atoms with E-state index >= 15 is 0 Å². The standard InChI is InChI=1S/C25H27N3O3S/c1-19-9-5-6-12-22(19)24(23-13-7-8-16-26-23)27-25(29)20-14-17-28(18-15-20)32(30,31)21-10-3-2-4-11-21/h2-13,16,20,24H,14-15,17-18H2,1H3,(H,27,29). The molecule has 32 heavy (non-hydrogen) atoms. The van der Waals surface area contributed by atoms with Gasteiger partial charge in [0.25, 0.3) is 0 Å². The number of sulfonamides is 1. The maximum Gasteiger partial charge on any atom is 0.243 e. The van der Waals surface area contributed by atoms with E-state index in [2.05, 4.69) is 10.3 Å². The molecule has 7 heteroatoms. The van der Waals surface area contributed by atoms with Crippen LogP contribution in [-0.2, 0) is 14.8 Å². The average Bonchev–Trinajstić information content (AvgIpc) is 2.84. The lowest BCUT2D eigenvalue weighted by Crippen LogP contribution is -2.44. The summed E-state index contributed by atoms with van der Waals surface area (Å²) in [4.78, 5) is 17.9. The van der Waals surface area contributed by atoms with Gasteiger partial charge in [-0.15, -0.1) is 0 Å². The van der Waals surface area contributed by atoms with Crippen LogP contribution in [0.1, 0.15) is 35.7 Å². The highest BCUT2D eigenvalue weighted by Gasteiger charge is 2.33. The summed E-state index contributed by atoms with van der Waals surface area (Å²) in [5.41, 5.74) is 2.86. The van der Waals surface area contributed by atoms with Gasteiger partial charge in [-0.1, -0.05) is 48.5 Å². The quantitative estimate of drug-likeness (QED) is 0.622. The minimum absolute atomic E-state index is 0.0688. The molecule has 1 amide bonds. The van der Waals surface area contributed by atoms with Crippen LogP contribution in [0.5, 0.6) is 0 Å². The SMILES string of the molecule is Cc1ccccc1C(NC(=O)C1CCN(S(=O)(=O)c2ccccc2)CC1)c1ccccn1. The number of pyridine rings is 1. The van der Waals surface area contributed by atoms with Crippen molar-refractivity contribution >= 4 is 15.9 Å². The Labute approximate surface area is 189 Å². The Balaban J connectivity index is 1.47. The Bertz CT molecular complexity index is 1160. The lowest BCUT2D eigenvalue weighted by atomic mass is 9.94. The minimum atomic E-state index is -3.53. The van der Waals surface area contributed by atoms with Gasteiger partial charge in [0.1, 0.15) is 0 Å². The first-order valence-corrected chi connectivity index (χ1v) is 12.2. The Hall–Kier alpha value is -3.03. The molecular formula is C25H27N3O3S. The second-order valence-electron chi connectivity index (χ2n) is 8.04. The van der Waals surface area contributed by atoms with Crippen LogP contribution in [0.15, 0.2) is 83.9 Å². The topological polar surface area (TPSA) is 79.4 Å². The number of benzene rings is 2. The molecule has 1 aromatic heterocycles. The third-order valence-corrected chi connectivity index (χ3v) is 7.89. The fourth-order valence-corrected chi connectivity index (χ4v) is 5.62. The molecule has 2 heterocycles. The van der Waals surface area contributed by atoms with Gasteiger partial charge in [0.2, 0.25) is 15.9 Å². The van der Waals surface area contributed by atoms with Crippen molar-refractivity contribution in [3.63, 3.8) is 0 Å². The summed E-state index contributed by atoms with van der Waals surface area (Å²) in [7, 11) is -3.53. The maximum atomic E-state index is 13.2. The Morgan fingerprint density at radius 3 is 2.28 bits per heavy atom. The van der Waals surface area contributed by atoms with E-state index in [9.17, 15) is 13.2 Å². The minimum Gasteiger partial charge on any atom is -0.343 e. The van der Waals surface area contributed by atoms with Gasteiger partial charge in [0.15, 0.2) is 0 Å². The fourth-order valence-electron chi connectivity index (χ4n) is 4.13. The molecule has 166 valence electrons. The highest BCUT2D eigenvalue weighted by molar-refractivity contribution is 7.89. The summed E-state index contributed by atoms with van der Waals surface area (Å²) in [5.74, 6) is -0.312. The Kier molecular flexibility index (Phi) is 6.67. The summed E-state index contributed by atoms with van der Waals surface area (Å²) in [6.45, 7) is 2.67. The first kappa shape index (κ1) is 22.2. The van der Waals surface area contributed by atoms with Gasteiger partial charge in [-0.25, -0.2) is 8.42 Å². The highest BCUT2D eigenvalue weighted by atomic mass is 32.2. The number of hydrogen-bond acceptors (Lipinski definition) is 4. The zero-order valence-electron chi connectivity index (χ0n) is 18.0. The van der Waals surface area contributed by atoms with E-state index in [4.69, 9.17) is 0 Å². The normalized spacial score (nSPS) is 16.4. The van der Waals surface area contributed by atoms with Gasteiger partial charge in [-0.2, -0.15) is 4.31 Å². The number of amides is 1. The molecule has 3 aromatic rings. The van der Waals surface area contributed by atoms with Crippen molar-refractivity contribution in [2.45, 2.75) is 30.7 Å². The average molecular weight is 450 g/mol. The second kappa shape index (κ2) is 9.63. The molecular weight excluding hydrogens is 422 g/mol. The van der Waals surface area contributed by atoms with E-state index in [0.717, 1.165) is 16.8 Å². The fraction of sp³-hybridized carbons (Fsp3) is 0.280. The van der Waals surface area contributed by atoms with Gasteiger partial charge >= 0.3 is 0 Å². The van der Waals surface area contributed by atoms with Crippen LogP contribution in [0.2, 0.25) is 0 Å². The predicted octanol–water partition coefficient (Wildman–Crippen LogP) is 3.70. The van der Waals surface area contributed by atoms with E-state index in [1.54, 1.807) is 36.5 Å². The molecule has 1 unspecified atom stereocenters. The third-order valence-electron chi connectivity index (χ3n) is 5.98. The molecule has 1 aliphatic heterocycles. The summed E-state index contributed by atoms with van der Waals surface area (Å²) in [5, 5.41) is 3.18. The van der Waals surface area contributed by atoms with Crippen molar-refractivity contribution in [3.8, 4) is 0 Å². The van der Waals surface area contributed by atoms with Gasteiger partial charge in [-0.3, -0.25) is 9.78 Å². The van der Waals surface area contributed by atoms with Gasteiger partial charge in [-0.05, 0) is 55.2 Å². The van der Waals surface area contributed by atoms with Crippen LogP contribution in [0, 0.1) is 12.8 Å². The molecule has 1 saturated heterocycles. The number of hydrogen-bond donors (Lipinski definition) is 1. The van der Waals surface area contributed by atoms with Gasteiger partial charge < -0.3 is 5.32 Å². The molecule has 1 atom stereocenters. The molecule has 1 fully saturated rings. The van der Waals surface area contributed by atoms with E-state index in [0.29, 0.717) is 25.9 Å². The summed E-state index contributed by atoms with van der Waals surface area (Å²) >= 11 is 0. The number of carbonyl (C=O) groups is 1. The molecule has 0 radical (unpaired) electrons. The molecule has 4 rings (SSSR count). The third kappa shape index (κ3) is 4.74. The van der Waals surface area contributed by atoms with Crippen LogP contribution >= 0.6 is 0 Å². The van der Waals surface area contributed by atoms with Crippen LogP contribution < -0.4 is 5.32 Å². The van der Waals surface area contributed by atoms with Gasteiger partial charge in [0.05, 0.1) is 16.6 Å². The molecule has 6 nitrogen and oxygen atoms in total. The first-order valence-electron chi connectivity index (χ1n) is 10.8. The zero-order valence-corrected chi connectivity index (χ0v) is 18.8. The van der Waals surface area contributed by atoms with Gasteiger partial charge in [0, 0.05) is 25.2 Å². The van der Waals surface area contributed by atoms with Crippen LogP contribution in [0.25, 0.3) is 0 Å². The van der Waals surface area contributed by atoms with E-state index < -0.39 is 10.0 Å². The molecule has 1 aliphatic rings. The van der Waals surface area contributed by atoms with Crippen LogP contribution in [0.4, 0.5) is 0 Å². The van der Waals surface area contributed by atoms with E-state index in [1.165, 1.54) is 4.31 Å². The van der Waals surface area contributed by atoms with Crippen molar-refractivity contribution < 1.29 is 13.2 Å². The second-order valence-corrected chi connectivity index (χ2v) is 9.98. The van der Waals surface area contributed by atoms with Crippen molar-refractivity contribution in [1.29, 1.82) is 0 Å². The number of aryl methyl sites for hydroxylation is 1. The number of nitrogens with zero attached hydrogens (tertiary/aromatic N) is 2. The van der Waals surface area contributed by atoms with Crippen LogP contribution in [-0.4, -0.2) is 36.7 Å². The summed E-state index contributed by atoms with van der Waals surface area (Å²) in [6, 6.07) is 21.7. The molecule has 0 aliphatic carbocycles. The van der Waals surface area contributed by atoms with E-state index in [-0.39, 0.29) is 22.8 Å². The van der Waals surface area contributed by atoms with Crippen molar-refractivity contribution in [2.75, 3.05) is 13.1 Å². The summed E-state index contributed by atoms with van der Waals surface area (Å²) in [6.07, 6.45) is 2.70. The molecule has 0 bridgehead atoms. The predicted molar refractivity (Wildman–Crippen MR) is 123 cm³/mol. The Morgan fingerprint density at radius 1 is 0.969 bits per heavy atom. The van der Waals surface area contributed by atoms with Crippen LogP contribution in [0.3, 0.4) is 0 Å². The largest absolute Gasteiger partial charge is 0.343 e. The molecule has 1 N–H and O–H groups in total. The van der Waals surface area contributed by atoms with Crippen molar-refractivity contribution in [3.05, 3.63) is 95.8 Å². The number of aromatic nitrogens is 1. The highest BCUT2D eigenvalue weighted by Crippen LogP contribution is 2.27. The number of piperidine rings is 1. The number of rotatable bonds is 6.